The molecule has 0 atom stereocenters. The molecule has 0 spiro atoms. The van der Waals surface area contributed by atoms with Gasteiger partial charge in [-0.25, -0.2) is 4.57 Å². The Morgan fingerprint density at radius 1 is 1.38 bits per heavy atom. The molecule has 0 amide bonds. The van der Waals surface area contributed by atoms with E-state index < -0.39 is 7.82 Å². The average Bonchev–Trinajstić information content (AvgIpc) is 1.83. The number of carbonyl (C=O) groups is 1. The van der Waals surface area contributed by atoms with Gasteiger partial charge in [-0.05, 0) is 6.42 Å². The number of phosphoric acid groups is 1. The van der Waals surface area contributed by atoms with E-state index in [9.17, 15) is 4.79 Å². The van der Waals surface area contributed by atoms with E-state index in [1.165, 1.54) is 6.92 Å². The molecule has 80 valence electrons. The number of rotatable bonds is 3. The van der Waals surface area contributed by atoms with Gasteiger partial charge < -0.3 is 19.4 Å². The zero-order valence-electron chi connectivity index (χ0n) is 7.63. The van der Waals surface area contributed by atoms with E-state index in [1.807, 2.05) is 0 Å². The van der Waals surface area contributed by atoms with Crippen molar-refractivity contribution >= 4 is 13.8 Å². The summed E-state index contributed by atoms with van der Waals surface area (Å²) < 4.78 is 13.5. The first kappa shape index (κ1) is 15.1. The van der Waals surface area contributed by atoms with Crippen LogP contribution in [-0.2, 0) is 14.1 Å². The molecule has 0 aromatic rings. The van der Waals surface area contributed by atoms with Crippen LogP contribution >= 0.6 is 7.82 Å². The topological polar surface area (TPSA) is 104 Å². The van der Waals surface area contributed by atoms with Crippen LogP contribution in [0, 0.1) is 0 Å². The third kappa shape index (κ3) is 50.7. The summed E-state index contributed by atoms with van der Waals surface area (Å²) in [7, 11) is -4.64. The van der Waals surface area contributed by atoms with Gasteiger partial charge in [0.05, 0.1) is 6.61 Å². The SMILES string of the molecule is CCCCOC(C)=O.O=P(O)(O)O. The number of hydrogen-bond acceptors (Lipinski definition) is 3. The molecule has 0 unspecified atom stereocenters. The molecule has 0 aromatic carbocycles. The maximum absolute atomic E-state index is 10.1. The lowest BCUT2D eigenvalue weighted by Gasteiger charge is -1.96. The molecular formula is C6H15O6P. The largest absolute Gasteiger partial charge is 0.466 e. The molecule has 0 bridgehead atoms. The van der Waals surface area contributed by atoms with Crippen molar-refractivity contribution in [3.8, 4) is 0 Å². The zero-order valence-corrected chi connectivity index (χ0v) is 8.53. The minimum Gasteiger partial charge on any atom is -0.466 e. The summed E-state index contributed by atoms with van der Waals surface area (Å²) >= 11 is 0. The number of ether oxygens (including phenoxy) is 1. The summed E-state index contributed by atoms with van der Waals surface area (Å²) in [4.78, 5) is 31.7. The normalized spacial score (nSPS) is 9.92. The maximum atomic E-state index is 10.1. The Balaban J connectivity index is 0. The summed E-state index contributed by atoms with van der Waals surface area (Å²) in [6.45, 7) is 4.06. The fourth-order valence-electron chi connectivity index (χ4n) is 0.360. The molecule has 0 aromatic heterocycles. The standard InChI is InChI=1S/C6H12O2.H3O4P/c1-3-4-5-8-6(2)7;1-5(2,3)4/h3-5H2,1-2H3;(H3,1,2,3,4). The molecule has 6 nitrogen and oxygen atoms in total. The third-order valence-corrected chi connectivity index (χ3v) is 0.803. The van der Waals surface area contributed by atoms with E-state index >= 15 is 0 Å². The third-order valence-electron chi connectivity index (χ3n) is 0.803. The van der Waals surface area contributed by atoms with Gasteiger partial charge in [-0.1, -0.05) is 13.3 Å². The molecule has 0 fully saturated rings. The Bertz CT molecular complexity index is 166. The Morgan fingerprint density at radius 3 is 2.00 bits per heavy atom. The van der Waals surface area contributed by atoms with Crippen LogP contribution in [0.4, 0.5) is 0 Å². The van der Waals surface area contributed by atoms with Crippen LogP contribution in [-0.4, -0.2) is 27.3 Å². The Morgan fingerprint density at radius 2 is 1.77 bits per heavy atom. The van der Waals surface area contributed by atoms with E-state index in [0.29, 0.717) is 6.61 Å². The predicted molar refractivity (Wildman–Crippen MR) is 45.8 cm³/mol. The van der Waals surface area contributed by atoms with Gasteiger partial charge in [0.25, 0.3) is 0 Å². The van der Waals surface area contributed by atoms with E-state index in [4.69, 9.17) is 19.2 Å². The lowest BCUT2D eigenvalue weighted by molar-refractivity contribution is -0.141. The van der Waals surface area contributed by atoms with E-state index in [0.717, 1.165) is 12.8 Å². The van der Waals surface area contributed by atoms with Crippen LogP contribution in [0.5, 0.6) is 0 Å². The summed E-state index contributed by atoms with van der Waals surface area (Å²) in [5, 5.41) is 0. The molecule has 0 aliphatic heterocycles. The van der Waals surface area contributed by atoms with Gasteiger partial charge in [-0.15, -0.1) is 0 Å². The van der Waals surface area contributed by atoms with Crippen LogP contribution in [0.3, 0.4) is 0 Å². The van der Waals surface area contributed by atoms with E-state index in [1.54, 1.807) is 0 Å². The van der Waals surface area contributed by atoms with E-state index in [2.05, 4.69) is 11.7 Å². The van der Waals surface area contributed by atoms with Gasteiger partial charge in [0.15, 0.2) is 0 Å². The number of unbranched alkanes of at least 4 members (excludes halogenated alkanes) is 1. The fraction of sp³-hybridized carbons (Fsp3) is 0.833. The Kier molecular flexibility index (Phi) is 9.50. The molecule has 0 heterocycles. The van der Waals surface area contributed by atoms with Crippen LogP contribution in [0.2, 0.25) is 0 Å². The average molecular weight is 214 g/mol. The quantitative estimate of drug-likeness (QED) is 0.357. The van der Waals surface area contributed by atoms with Crippen LogP contribution < -0.4 is 0 Å². The molecule has 0 radical (unpaired) electrons. The highest BCUT2D eigenvalue weighted by atomic mass is 31.2. The zero-order chi connectivity index (χ0) is 10.9. The van der Waals surface area contributed by atoms with Gasteiger partial charge in [0.1, 0.15) is 0 Å². The molecule has 7 heteroatoms. The lowest BCUT2D eigenvalue weighted by Crippen LogP contribution is -1.99. The summed E-state index contributed by atoms with van der Waals surface area (Å²) in [5.41, 5.74) is 0. The number of carbonyl (C=O) groups excluding carboxylic acids is 1. The highest BCUT2D eigenvalue weighted by Gasteiger charge is 2.00. The molecule has 0 rings (SSSR count). The first-order valence-corrected chi connectivity index (χ1v) is 5.25. The summed E-state index contributed by atoms with van der Waals surface area (Å²) in [6.07, 6.45) is 2.05. The molecule has 3 N–H and O–H groups in total. The summed E-state index contributed by atoms with van der Waals surface area (Å²) in [6, 6.07) is 0. The van der Waals surface area contributed by atoms with Gasteiger partial charge in [0, 0.05) is 6.92 Å². The molecule has 13 heavy (non-hydrogen) atoms. The number of esters is 1. The summed E-state index contributed by atoms with van der Waals surface area (Å²) in [5.74, 6) is -0.182. The molecule has 0 aliphatic rings. The molecule has 0 saturated carbocycles. The molecule has 0 saturated heterocycles. The van der Waals surface area contributed by atoms with Crippen molar-refractivity contribution in [3.63, 3.8) is 0 Å². The smallest absolute Gasteiger partial charge is 0.466 e. The van der Waals surface area contributed by atoms with Crippen molar-refractivity contribution in [1.29, 1.82) is 0 Å². The van der Waals surface area contributed by atoms with Gasteiger partial charge >= 0.3 is 13.8 Å². The number of hydrogen-bond donors (Lipinski definition) is 3. The first-order valence-electron chi connectivity index (χ1n) is 3.69. The minimum absolute atomic E-state index is 0.182. The predicted octanol–water partition coefficient (Wildman–Crippen LogP) is 0.421. The van der Waals surface area contributed by atoms with Crippen molar-refractivity contribution in [3.05, 3.63) is 0 Å². The maximum Gasteiger partial charge on any atom is 0.466 e. The van der Waals surface area contributed by atoms with E-state index in [-0.39, 0.29) is 5.97 Å². The Hall–Kier alpha value is -0.420. The van der Waals surface area contributed by atoms with Gasteiger partial charge in [0.2, 0.25) is 0 Å². The monoisotopic (exact) mass is 214 g/mol. The molecule has 0 aliphatic carbocycles. The second kappa shape index (κ2) is 8.19. The van der Waals surface area contributed by atoms with Crippen LogP contribution in [0.25, 0.3) is 0 Å². The van der Waals surface area contributed by atoms with Crippen molar-refractivity contribution in [2.24, 2.45) is 0 Å². The minimum atomic E-state index is -4.64. The van der Waals surface area contributed by atoms with Crippen molar-refractivity contribution in [1.82, 2.24) is 0 Å². The first-order chi connectivity index (χ1) is 5.77. The van der Waals surface area contributed by atoms with Gasteiger partial charge in [-0.2, -0.15) is 0 Å². The molecular weight excluding hydrogens is 199 g/mol. The second-order valence-corrected chi connectivity index (χ2v) is 3.23. The van der Waals surface area contributed by atoms with Crippen molar-refractivity contribution < 1.29 is 28.8 Å². The lowest BCUT2D eigenvalue weighted by atomic mass is 10.4. The van der Waals surface area contributed by atoms with Crippen LogP contribution in [0.15, 0.2) is 0 Å². The van der Waals surface area contributed by atoms with Crippen molar-refractivity contribution in [2.45, 2.75) is 26.7 Å². The highest BCUT2D eigenvalue weighted by molar-refractivity contribution is 7.45. The Labute approximate surface area is 76.8 Å². The van der Waals surface area contributed by atoms with Crippen LogP contribution in [0.1, 0.15) is 26.7 Å². The fourth-order valence-corrected chi connectivity index (χ4v) is 0.360. The second-order valence-electron chi connectivity index (χ2n) is 2.21. The highest BCUT2D eigenvalue weighted by Crippen LogP contribution is 2.25. The van der Waals surface area contributed by atoms with Crippen molar-refractivity contribution in [2.75, 3.05) is 6.61 Å². The van der Waals surface area contributed by atoms with Gasteiger partial charge in [-0.3, -0.25) is 4.79 Å².